The zero-order valence-corrected chi connectivity index (χ0v) is 18.9. The summed E-state index contributed by atoms with van der Waals surface area (Å²) in [4.78, 5) is 0. The average molecular weight is 356 g/mol. The highest BCUT2D eigenvalue weighted by molar-refractivity contribution is 6.83. The van der Waals surface area contributed by atoms with Gasteiger partial charge in [-0.25, -0.2) is 0 Å². The Balaban J connectivity index is 3.44. The number of nitriles is 1. The molecule has 0 spiro atoms. The minimum Gasteiger partial charge on any atom is -0.397 e. The molecule has 0 aromatic rings. The number of rotatable bonds is 3. The molecule has 0 heterocycles. The lowest BCUT2D eigenvalue weighted by Gasteiger charge is -2.55. The summed E-state index contributed by atoms with van der Waals surface area (Å²) in [6.07, 6.45) is 2.20. The minimum absolute atomic E-state index is 0.00494. The average Bonchev–Trinajstić information content (AvgIpc) is 2.65. The maximum atomic E-state index is 11.8. The molecule has 1 saturated carbocycles. The Morgan fingerprint density at radius 3 is 1.78 bits per heavy atom. The molecule has 0 aromatic heterocycles. The lowest BCUT2D eigenvalue weighted by atomic mass is 10.0. The summed E-state index contributed by atoms with van der Waals surface area (Å²) in [5.41, 5.74) is -1.04. The van der Waals surface area contributed by atoms with Crippen LogP contribution in [0.4, 0.5) is 0 Å². The molecule has 2 atom stereocenters. The van der Waals surface area contributed by atoms with Crippen LogP contribution in [0.5, 0.6) is 0 Å². The molecule has 0 radical (unpaired) electrons. The summed E-state index contributed by atoms with van der Waals surface area (Å²) >= 11 is 0. The van der Waals surface area contributed by atoms with Crippen LogP contribution in [0.1, 0.15) is 60.8 Å². The molecule has 0 amide bonds. The molecule has 1 aliphatic carbocycles. The van der Waals surface area contributed by atoms with E-state index in [0.29, 0.717) is 12.8 Å². The van der Waals surface area contributed by atoms with Gasteiger partial charge in [-0.3, -0.25) is 0 Å². The number of aliphatic hydroxyl groups is 1. The third-order valence-corrected chi connectivity index (χ3v) is 18.0. The van der Waals surface area contributed by atoms with E-state index in [-0.39, 0.29) is 10.1 Å². The fourth-order valence-electron chi connectivity index (χ4n) is 3.33. The molecular weight excluding hydrogens is 318 g/mol. The summed E-state index contributed by atoms with van der Waals surface area (Å²) in [6.45, 7) is 21.9. The predicted octanol–water partition coefficient (Wildman–Crippen LogP) is 5.23. The summed E-state index contributed by atoms with van der Waals surface area (Å²) in [7, 11) is -4.33. The van der Waals surface area contributed by atoms with E-state index in [1.807, 2.05) is 0 Å². The van der Waals surface area contributed by atoms with Crippen molar-refractivity contribution in [2.24, 2.45) is 0 Å². The van der Waals surface area contributed by atoms with Gasteiger partial charge in [-0.2, -0.15) is 5.26 Å². The summed E-state index contributed by atoms with van der Waals surface area (Å²) in [5, 5.41) is 21.0. The van der Waals surface area contributed by atoms with Gasteiger partial charge in [0.05, 0.1) is 19.4 Å². The van der Waals surface area contributed by atoms with Crippen molar-refractivity contribution in [1.29, 1.82) is 5.26 Å². The van der Waals surface area contributed by atoms with Gasteiger partial charge >= 0.3 is 0 Å². The Kier molecular flexibility index (Phi) is 5.17. The fourth-order valence-corrected chi connectivity index (χ4v) is 8.21. The second-order valence-corrected chi connectivity index (χ2v) is 20.7. The molecular formula is C18H37NO2Si2. The van der Waals surface area contributed by atoms with Crippen LogP contribution in [-0.2, 0) is 4.43 Å². The van der Waals surface area contributed by atoms with Gasteiger partial charge in [0, 0.05) is 0 Å². The van der Waals surface area contributed by atoms with Crippen LogP contribution in [0.3, 0.4) is 0 Å². The van der Waals surface area contributed by atoms with Gasteiger partial charge in [-0.1, -0.05) is 54.6 Å². The SMILES string of the molecule is CC(C)(C)[Si](C)(C)OC1(C#N)CCCC1(O)[Si](C)(C)C(C)(C)C. The highest BCUT2D eigenvalue weighted by Gasteiger charge is 2.68. The zero-order valence-electron chi connectivity index (χ0n) is 16.9. The molecule has 5 heteroatoms. The molecule has 0 bridgehead atoms. The quantitative estimate of drug-likeness (QED) is 0.705. The highest BCUT2D eigenvalue weighted by atomic mass is 28.4. The van der Waals surface area contributed by atoms with Crippen LogP contribution < -0.4 is 0 Å². The molecule has 0 saturated heterocycles. The first-order chi connectivity index (χ1) is 9.97. The third kappa shape index (κ3) is 3.08. The van der Waals surface area contributed by atoms with Crippen molar-refractivity contribution in [2.45, 2.75) is 108 Å². The monoisotopic (exact) mass is 355 g/mol. The van der Waals surface area contributed by atoms with Crippen LogP contribution in [0, 0.1) is 11.3 Å². The van der Waals surface area contributed by atoms with Crippen molar-refractivity contribution in [3.63, 3.8) is 0 Å². The third-order valence-electron chi connectivity index (χ3n) is 7.06. The molecule has 1 fully saturated rings. The number of hydrogen-bond donors (Lipinski definition) is 1. The molecule has 1 aliphatic rings. The zero-order chi connectivity index (χ0) is 18.5. The van der Waals surface area contributed by atoms with E-state index in [0.717, 1.165) is 6.42 Å². The normalized spacial score (nSPS) is 30.3. The van der Waals surface area contributed by atoms with Gasteiger partial charge < -0.3 is 9.53 Å². The first-order valence-corrected chi connectivity index (χ1v) is 14.7. The van der Waals surface area contributed by atoms with Crippen LogP contribution >= 0.6 is 0 Å². The molecule has 1 rings (SSSR count). The standard InChI is InChI=1S/C18H37NO2Si2/c1-15(2,3)22(7,8)18(20)13-11-12-17(18,14-19)21-23(9,10)16(4,5)6/h20H,11-13H2,1-10H3. The van der Waals surface area contributed by atoms with E-state index < -0.39 is 27.2 Å². The first kappa shape index (κ1) is 20.9. The second kappa shape index (κ2) is 5.69. The van der Waals surface area contributed by atoms with Gasteiger partial charge in [0.2, 0.25) is 0 Å². The van der Waals surface area contributed by atoms with Crippen LogP contribution in [0.2, 0.25) is 36.3 Å². The molecule has 1 N–H and O–H groups in total. The van der Waals surface area contributed by atoms with Gasteiger partial charge in [0.1, 0.15) is 0 Å². The minimum atomic E-state index is -2.18. The summed E-state index contributed by atoms with van der Waals surface area (Å²) in [5.74, 6) is 0. The van der Waals surface area contributed by atoms with Gasteiger partial charge in [0.15, 0.2) is 13.9 Å². The molecule has 134 valence electrons. The van der Waals surface area contributed by atoms with E-state index in [4.69, 9.17) is 4.43 Å². The molecule has 2 unspecified atom stereocenters. The lowest BCUT2D eigenvalue weighted by molar-refractivity contribution is -0.0407. The van der Waals surface area contributed by atoms with E-state index >= 15 is 0 Å². The summed E-state index contributed by atoms with van der Waals surface area (Å²) in [6, 6.07) is 2.47. The largest absolute Gasteiger partial charge is 0.397 e. The lowest BCUT2D eigenvalue weighted by Crippen LogP contribution is -2.71. The van der Waals surface area contributed by atoms with Crippen molar-refractivity contribution >= 4 is 16.4 Å². The predicted molar refractivity (Wildman–Crippen MR) is 103 cm³/mol. The summed E-state index contributed by atoms with van der Waals surface area (Å²) < 4.78 is 6.66. The Labute approximate surface area is 145 Å². The molecule has 23 heavy (non-hydrogen) atoms. The maximum Gasteiger partial charge on any atom is 0.194 e. The van der Waals surface area contributed by atoms with Crippen LogP contribution in [0.15, 0.2) is 0 Å². The Hall–Kier alpha value is -0.156. The van der Waals surface area contributed by atoms with Crippen molar-refractivity contribution in [1.82, 2.24) is 0 Å². The first-order valence-electron chi connectivity index (χ1n) is 8.81. The Morgan fingerprint density at radius 2 is 1.43 bits per heavy atom. The number of nitrogens with zero attached hydrogens (tertiary/aromatic N) is 1. The van der Waals surface area contributed by atoms with Gasteiger partial charge in [-0.15, -0.1) is 0 Å². The van der Waals surface area contributed by atoms with Gasteiger partial charge in [-0.05, 0) is 42.4 Å². The van der Waals surface area contributed by atoms with Gasteiger partial charge in [0.25, 0.3) is 0 Å². The fraction of sp³-hybridized carbons (Fsp3) is 0.944. The topological polar surface area (TPSA) is 53.2 Å². The van der Waals surface area contributed by atoms with Crippen molar-refractivity contribution in [3.8, 4) is 6.07 Å². The van der Waals surface area contributed by atoms with E-state index in [1.165, 1.54) is 0 Å². The molecule has 3 nitrogen and oxygen atoms in total. The van der Waals surface area contributed by atoms with E-state index in [9.17, 15) is 10.4 Å². The smallest absolute Gasteiger partial charge is 0.194 e. The maximum absolute atomic E-state index is 11.8. The Morgan fingerprint density at radius 1 is 0.957 bits per heavy atom. The van der Waals surface area contributed by atoms with E-state index in [2.05, 4.69) is 73.8 Å². The van der Waals surface area contributed by atoms with Crippen LogP contribution in [-0.4, -0.2) is 32.3 Å². The van der Waals surface area contributed by atoms with Crippen molar-refractivity contribution in [3.05, 3.63) is 0 Å². The Bertz CT molecular complexity index is 497. The van der Waals surface area contributed by atoms with Crippen molar-refractivity contribution < 1.29 is 9.53 Å². The van der Waals surface area contributed by atoms with Crippen molar-refractivity contribution in [2.75, 3.05) is 0 Å². The van der Waals surface area contributed by atoms with E-state index in [1.54, 1.807) is 0 Å². The highest BCUT2D eigenvalue weighted by Crippen LogP contribution is 2.56. The molecule has 0 aliphatic heterocycles. The number of hydrogen-bond acceptors (Lipinski definition) is 3. The van der Waals surface area contributed by atoms with Crippen LogP contribution in [0.25, 0.3) is 0 Å². The second-order valence-electron chi connectivity index (χ2n) is 10.4. The molecule has 0 aromatic carbocycles.